The fraction of sp³-hybridized carbons (Fsp3) is 0.333. The van der Waals surface area contributed by atoms with Crippen molar-refractivity contribution in [3.63, 3.8) is 0 Å². The number of hydrogen-bond donors (Lipinski definition) is 0. The molecule has 0 aromatic rings. The summed E-state index contributed by atoms with van der Waals surface area (Å²) in [7, 11) is 0. The molecule has 0 spiro atoms. The van der Waals surface area contributed by atoms with E-state index in [0.29, 0.717) is 12.0 Å². The van der Waals surface area contributed by atoms with Crippen molar-refractivity contribution in [2.75, 3.05) is 0 Å². The Labute approximate surface area is 69.1 Å². The molecule has 12 heavy (non-hydrogen) atoms. The van der Waals surface area contributed by atoms with Crippen molar-refractivity contribution in [2.24, 2.45) is 0 Å². The normalized spacial score (nSPS) is 21.3. The first kappa shape index (κ1) is 9.10. The van der Waals surface area contributed by atoms with Crippen LogP contribution in [0.15, 0.2) is 35.5 Å². The number of allylic oxidation sites excluding steroid dienone is 6. The molecule has 0 heterocycles. The van der Waals surface area contributed by atoms with Crippen molar-refractivity contribution in [1.29, 1.82) is 0 Å². The van der Waals surface area contributed by atoms with Crippen LogP contribution in [0.3, 0.4) is 0 Å². The number of rotatable bonds is 0. The second-order valence-corrected chi connectivity index (χ2v) is 2.64. The first-order valence-electron chi connectivity index (χ1n) is 3.62. The topological polar surface area (TPSA) is 0 Å². The average molecular weight is 174 g/mol. The molecule has 1 rings (SSSR count). The molecule has 0 nitrogen and oxygen atoms in total. The summed E-state index contributed by atoms with van der Waals surface area (Å²) in [4.78, 5) is 0. The van der Waals surface area contributed by atoms with Gasteiger partial charge in [-0.3, -0.25) is 0 Å². The fourth-order valence-electron chi connectivity index (χ4n) is 0.973. The lowest BCUT2D eigenvalue weighted by Gasteiger charge is -2.11. The third kappa shape index (κ3) is 2.00. The van der Waals surface area contributed by atoms with E-state index in [2.05, 4.69) is 0 Å². The van der Waals surface area contributed by atoms with Crippen LogP contribution in [0.4, 0.5) is 13.2 Å². The molecule has 1 aliphatic carbocycles. The van der Waals surface area contributed by atoms with Gasteiger partial charge < -0.3 is 0 Å². The molecule has 0 radical (unpaired) electrons. The second kappa shape index (κ2) is 3.17. The van der Waals surface area contributed by atoms with Gasteiger partial charge in [0.25, 0.3) is 0 Å². The van der Waals surface area contributed by atoms with Crippen molar-refractivity contribution in [3.8, 4) is 0 Å². The summed E-state index contributed by atoms with van der Waals surface area (Å²) in [5.41, 5.74) is -0.145. The molecule has 0 unspecified atom stereocenters. The Morgan fingerprint density at radius 3 is 2.42 bits per heavy atom. The minimum absolute atomic E-state index is 0.352. The van der Waals surface area contributed by atoms with Crippen molar-refractivity contribution in [2.45, 2.75) is 19.5 Å². The van der Waals surface area contributed by atoms with Crippen molar-refractivity contribution in [3.05, 3.63) is 35.5 Å². The van der Waals surface area contributed by atoms with E-state index in [1.54, 1.807) is 18.2 Å². The molecule has 0 bridgehead atoms. The molecule has 3 heteroatoms. The van der Waals surface area contributed by atoms with Gasteiger partial charge in [-0.1, -0.05) is 24.3 Å². The van der Waals surface area contributed by atoms with E-state index in [9.17, 15) is 13.2 Å². The molecule has 0 aromatic carbocycles. The third-order valence-corrected chi connectivity index (χ3v) is 1.79. The van der Waals surface area contributed by atoms with Crippen LogP contribution < -0.4 is 0 Å². The summed E-state index contributed by atoms with van der Waals surface area (Å²) >= 11 is 0. The highest BCUT2D eigenvalue weighted by Gasteiger charge is 2.31. The van der Waals surface area contributed by atoms with Crippen LogP contribution >= 0.6 is 0 Å². The zero-order valence-corrected chi connectivity index (χ0v) is 6.65. The van der Waals surface area contributed by atoms with Crippen molar-refractivity contribution < 1.29 is 13.2 Å². The SMILES string of the molecule is CC(=C1C=CC=CC1)C(F)(F)F. The van der Waals surface area contributed by atoms with E-state index in [1.807, 2.05) is 0 Å². The summed E-state index contributed by atoms with van der Waals surface area (Å²) < 4.78 is 36.4. The summed E-state index contributed by atoms with van der Waals surface area (Å²) in [5.74, 6) is 0. The largest absolute Gasteiger partial charge is 0.412 e. The van der Waals surface area contributed by atoms with Crippen LogP contribution in [-0.2, 0) is 0 Å². The quantitative estimate of drug-likeness (QED) is 0.528. The summed E-state index contributed by atoms with van der Waals surface area (Å²) in [6.45, 7) is 1.11. The van der Waals surface area contributed by atoms with E-state index < -0.39 is 11.7 Å². The molecule has 0 saturated carbocycles. The van der Waals surface area contributed by atoms with Crippen LogP contribution in [0.1, 0.15) is 13.3 Å². The Balaban J connectivity index is 2.91. The molecule has 0 saturated heterocycles. The molecule has 0 aliphatic heterocycles. The first-order chi connectivity index (χ1) is 5.52. The van der Waals surface area contributed by atoms with E-state index in [1.165, 1.54) is 6.08 Å². The Morgan fingerprint density at radius 1 is 1.33 bits per heavy atom. The second-order valence-electron chi connectivity index (χ2n) is 2.64. The van der Waals surface area contributed by atoms with Gasteiger partial charge in [-0.05, 0) is 18.9 Å². The summed E-state index contributed by atoms with van der Waals surface area (Å²) in [6, 6.07) is 0. The monoisotopic (exact) mass is 174 g/mol. The third-order valence-electron chi connectivity index (χ3n) is 1.79. The van der Waals surface area contributed by atoms with Gasteiger partial charge >= 0.3 is 6.18 Å². The van der Waals surface area contributed by atoms with Gasteiger partial charge in [-0.2, -0.15) is 13.2 Å². The van der Waals surface area contributed by atoms with E-state index in [0.717, 1.165) is 6.92 Å². The van der Waals surface area contributed by atoms with E-state index in [-0.39, 0.29) is 0 Å². The molecular formula is C9H9F3. The molecule has 0 N–H and O–H groups in total. The van der Waals surface area contributed by atoms with Crippen LogP contribution in [0, 0.1) is 0 Å². The molecule has 1 aliphatic rings. The zero-order valence-electron chi connectivity index (χ0n) is 6.65. The first-order valence-corrected chi connectivity index (χ1v) is 3.62. The lowest BCUT2D eigenvalue weighted by Crippen LogP contribution is -2.11. The van der Waals surface area contributed by atoms with Crippen LogP contribution in [0.2, 0.25) is 0 Å². The minimum Gasteiger partial charge on any atom is -0.166 e. The van der Waals surface area contributed by atoms with E-state index >= 15 is 0 Å². The highest BCUT2D eigenvalue weighted by atomic mass is 19.4. The Hall–Kier alpha value is -0.990. The van der Waals surface area contributed by atoms with Gasteiger partial charge in [0, 0.05) is 5.57 Å². The summed E-state index contributed by atoms with van der Waals surface area (Å²) in [6.07, 6.45) is 2.77. The van der Waals surface area contributed by atoms with Crippen LogP contribution in [-0.4, -0.2) is 6.18 Å². The minimum atomic E-state index is -4.19. The Kier molecular flexibility index (Phi) is 2.40. The summed E-state index contributed by atoms with van der Waals surface area (Å²) in [5, 5.41) is 0. The maximum absolute atomic E-state index is 12.1. The molecular weight excluding hydrogens is 165 g/mol. The molecule has 0 atom stereocenters. The smallest absolute Gasteiger partial charge is 0.166 e. The Bertz CT molecular complexity index is 253. The maximum Gasteiger partial charge on any atom is 0.412 e. The molecule has 0 fully saturated rings. The van der Waals surface area contributed by atoms with Gasteiger partial charge in [0.15, 0.2) is 0 Å². The predicted octanol–water partition coefficient (Wildman–Crippen LogP) is 3.38. The van der Waals surface area contributed by atoms with Gasteiger partial charge in [-0.25, -0.2) is 0 Å². The van der Waals surface area contributed by atoms with Gasteiger partial charge in [0.2, 0.25) is 0 Å². The maximum atomic E-state index is 12.1. The molecule has 0 amide bonds. The Morgan fingerprint density at radius 2 is 2.00 bits per heavy atom. The van der Waals surface area contributed by atoms with Gasteiger partial charge in [0.1, 0.15) is 0 Å². The molecule has 66 valence electrons. The predicted molar refractivity (Wildman–Crippen MR) is 41.7 cm³/mol. The lowest BCUT2D eigenvalue weighted by atomic mass is 10.0. The number of alkyl halides is 3. The number of halogens is 3. The van der Waals surface area contributed by atoms with Crippen LogP contribution in [0.25, 0.3) is 0 Å². The average Bonchev–Trinajstić information content (AvgIpc) is 2.03. The number of hydrogen-bond acceptors (Lipinski definition) is 0. The van der Waals surface area contributed by atoms with Gasteiger partial charge in [-0.15, -0.1) is 0 Å². The molecule has 0 aromatic heterocycles. The zero-order chi connectivity index (χ0) is 9.19. The standard InChI is InChI=1S/C9H9F3/c1-7(9(10,11)12)8-5-3-2-4-6-8/h2-5H,6H2,1H3. The van der Waals surface area contributed by atoms with Crippen molar-refractivity contribution >= 4 is 0 Å². The van der Waals surface area contributed by atoms with Crippen LogP contribution in [0.5, 0.6) is 0 Å². The highest BCUT2D eigenvalue weighted by molar-refractivity contribution is 5.34. The van der Waals surface area contributed by atoms with Gasteiger partial charge in [0.05, 0.1) is 0 Å². The fourth-order valence-corrected chi connectivity index (χ4v) is 0.973. The van der Waals surface area contributed by atoms with E-state index in [4.69, 9.17) is 0 Å². The lowest BCUT2D eigenvalue weighted by molar-refractivity contribution is -0.0920. The highest BCUT2D eigenvalue weighted by Crippen LogP contribution is 2.30. The van der Waals surface area contributed by atoms with Crippen molar-refractivity contribution in [1.82, 2.24) is 0 Å².